The van der Waals surface area contributed by atoms with Gasteiger partial charge in [0.2, 0.25) is 5.91 Å². The minimum Gasteiger partial charge on any atom is -0.322 e. The van der Waals surface area contributed by atoms with Crippen LogP contribution in [0.1, 0.15) is 0 Å². The third-order valence-corrected chi connectivity index (χ3v) is 3.99. The molecule has 3 heterocycles. The first kappa shape index (κ1) is 15.1. The van der Waals surface area contributed by atoms with E-state index < -0.39 is 0 Å². The molecule has 25 heavy (non-hydrogen) atoms. The van der Waals surface area contributed by atoms with E-state index in [0.717, 1.165) is 16.4 Å². The second-order valence-electron chi connectivity index (χ2n) is 5.12. The lowest BCUT2D eigenvalue weighted by Crippen LogP contribution is -2.30. The summed E-state index contributed by atoms with van der Waals surface area (Å²) in [4.78, 5) is 24.3. The van der Waals surface area contributed by atoms with Crippen LogP contribution < -0.4 is 10.9 Å². The van der Waals surface area contributed by atoms with Crippen molar-refractivity contribution in [3.8, 4) is 5.82 Å². The van der Waals surface area contributed by atoms with E-state index in [1.807, 2.05) is 6.07 Å². The molecule has 124 valence electrons. The predicted octanol–water partition coefficient (Wildman–Crippen LogP) is 1.07. The first-order valence-electron chi connectivity index (χ1n) is 7.30. The van der Waals surface area contributed by atoms with Gasteiger partial charge in [0.25, 0.3) is 5.56 Å². The van der Waals surface area contributed by atoms with Crippen LogP contribution in [0.4, 0.5) is 5.69 Å². The average Bonchev–Trinajstić information content (AvgIpc) is 3.28. The van der Waals surface area contributed by atoms with Crippen molar-refractivity contribution >= 4 is 34.4 Å². The van der Waals surface area contributed by atoms with Gasteiger partial charge in [0.1, 0.15) is 17.6 Å². The maximum atomic E-state index is 12.3. The Morgan fingerprint density at radius 3 is 2.92 bits per heavy atom. The van der Waals surface area contributed by atoms with E-state index >= 15 is 0 Å². The Morgan fingerprint density at radius 2 is 2.08 bits per heavy atom. The normalized spacial score (nSPS) is 10.9. The Kier molecular flexibility index (Phi) is 3.78. The van der Waals surface area contributed by atoms with Crippen LogP contribution in [0, 0.1) is 0 Å². The van der Waals surface area contributed by atoms with Crippen LogP contribution in [0.5, 0.6) is 0 Å². The largest absolute Gasteiger partial charge is 0.322 e. The predicted molar refractivity (Wildman–Crippen MR) is 91.7 cm³/mol. The van der Waals surface area contributed by atoms with Crippen molar-refractivity contribution in [1.82, 2.24) is 28.3 Å². The molecule has 10 heteroatoms. The van der Waals surface area contributed by atoms with Crippen molar-refractivity contribution in [2.24, 2.45) is 0 Å². The summed E-state index contributed by atoms with van der Waals surface area (Å²) in [5.41, 5.74) is 1.50. The van der Waals surface area contributed by atoms with Crippen LogP contribution in [0.25, 0.3) is 16.9 Å². The summed E-state index contributed by atoms with van der Waals surface area (Å²) in [6.45, 7) is -0.220. The third kappa shape index (κ3) is 3.02. The van der Waals surface area contributed by atoms with E-state index in [9.17, 15) is 9.59 Å². The first-order chi connectivity index (χ1) is 12.2. The van der Waals surface area contributed by atoms with E-state index in [2.05, 4.69) is 24.3 Å². The monoisotopic (exact) mass is 353 g/mol. The van der Waals surface area contributed by atoms with Gasteiger partial charge in [-0.1, -0.05) is 6.07 Å². The fraction of sp³-hybridized carbons (Fsp3) is 0.0667. The number of carbonyl (C=O) groups excluding carboxylic acids is 1. The van der Waals surface area contributed by atoms with E-state index in [1.54, 1.807) is 36.7 Å². The van der Waals surface area contributed by atoms with Gasteiger partial charge in [0, 0.05) is 18.5 Å². The minimum atomic E-state index is -0.382. The Hall–Kier alpha value is -3.40. The fourth-order valence-corrected chi connectivity index (χ4v) is 2.86. The third-order valence-electron chi connectivity index (χ3n) is 3.45. The molecule has 4 aromatic rings. The molecule has 0 fully saturated rings. The Bertz CT molecular complexity index is 1100. The van der Waals surface area contributed by atoms with Gasteiger partial charge in [0.15, 0.2) is 5.82 Å². The number of benzene rings is 1. The summed E-state index contributed by atoms with van der Waals surface area (Å²) in [6.07, 6.45) is 3.31. The highest BCUT2D eigenvalue weighted by Gasteiger charge is 2.11. The van der Waals surface area contributed by atoms with Crippen LogP contribution in [0.2, 0.25) is 0 Å². The van der Waals surface area contributed by atoms with E-state index in [4.69, 9.17) is 0 Å². The van der Waals surface area contributed by atoms with Crippen LogP contribution >= 0.6 is 11.7 Å². The van der Waals surface area contributed by atoms with Gasteiger partial charge in [-0.05, 0) is 24.3 Å². The number of amides is 1. The molecule has 3 aromatic heterocycles. The van der Waals surface area contributed by atoms with Gasteiger partial charge < -0.3 is 5.32 Å². The van der Waals surface area contributed by atoms with Crippen molar-refractivity contribution in [2.45, 2.75) is 6.54 Å². The van der Waals surface area contributed by atoms with Gasteiger partial charge in [-0.25, -0.2) is 9.36 Å². The average molecular weight is 353 g/mol. The molecule has 0 radical (unpaired) electrons. The molecule has 0 bridgehead atoms. The lowest BCUT2D eigenvalue weighted by molar-refractivity contribution is -0.117. The molecule has 0 aliphatic heterocycles. The summed E-state index contributed by atoms with van der Waals surface area (Å²) in [5, 5.41) is 11.0. The smallest absolute Gasteiger partial charge is 0.267 e. The molecule has 0 atom stereocenters. The molecular weight excluding hydrogens is 342 g/mol. The summed E-state index contributed by atoms with van der Waals surface area (Å²) >= 11 is 1.07. The van der Waals surface area contributed by atoms with Crippen molar-refractivity contribution in [2.75, 3.05) is 5.32 Å². The lowest BCUT2D eigenvalue weighted by atomic mass is 10.2. The van der Waals surface area contributed by atoms with E-state index in [-0.39, 0.29) is 18.0 Å². The van der Waals surface area contributed by atoms with Crippen molar-refractivity contribution in [1.29, 1.82) is 0 Å². The zero-order chi connectivity index (χ0) is 17.2. The molecule has 0 saturated carbocycles. The summed E-state index contributed by atoms with van der Waals surface area (Å²) in [7, 11) is 0. The van der Waals surface area contributed by atoms with E-state index in [0.29, 0.717) is 22.5 Å². The molecule has 0 aliphatic carbocycles. The molecule has 1 amide bonds. The Labute approximate surface area is 144 Å². The molecule has 1 aromatic carbocycles. The highest BCUT2D eigenvalue weighted by atomic mass is 32.1. The SMILES string of the molecule is O=C(Cn1nc(-n2cccn2)ccc1=O)Nc1cccc2nsnc12. The molecule has 1 N–H and O–H groups in total. The molecule has 9 nitrogen and oxygen atoms in total. The van der Waals surface area contributed by atoms with Gasteiger partial charge >= 0.3 is 0 Å². The van der Waals surface area contributed by atoms with Crippen molar-refractivity contribution in [3.63, 3.8) is 0 Å². The maximum absolute atomic E-state index is 12.3. The number of carbonyl (C=O) groups is 1. The molecular formula is C15H11N7O2S. The van der Waals surface area contributed by atoms with Crippen LogP contribution in [0.3, 0.4) is 0 Å². The van der Waals surface area contributed by atoms with Crippen LogP contribution in [0.15, 0.2) is 53.6 Å². The van der Waals surface area contributed by atoms with Gasteiger partial charge in [-0.15, -0.1) is 5.10 Å². The number of nitrogens with one attached hydrogen (secondary N) is 1. The fourth-order valence-electron chi connectivity index (χ4n) is 2.31. The number of hydrogen-bond donors (Lipinski definition) is 1. The van der Waals surface area contributed by atoms with Crippen LogP contribution in [-0.4, -0.2) is 34.2 Å². The van der Waals surface area contributed by atoms with Crippen molar-refractivity contribution in [3.05, 3.63) is 59.1 Å². The Balaban J connectivity index is 1.58. The first-order valence-corrected chi connectivity index (χ1v) is 8.03. The lowest BCUT2D eigenvalue weighted by Gasteiger charge is -2.08. The summed E-state index contributed by atoms with van der Waals surface area (Å²) in [6, 6.07) is 9.97. The summed E-state index contributed by atoms with van der Waals surface area (Å²) < 4.78 is 10.9. The van der Waals surface area contributed by atoms with Gasteiger partial charge in [0.05, 0.1) is 17.4 Å². The zero-order valence-electron chi connectivity index (χ0n) is 12.7. The number of anilines is 1. The maximum Gasteiger partial charge on any atom is 0.267 e. The van der Waals surface area contributed by atoms with E-state index in [1.165, 1.54) is 10.7 Å². The minimum absolute atomic E-state index is 0.220. The number of hydrogen-bond acceptors (Lipinski definition) is 7. The number of rotatable bonds is 4. The number of aromatic nitrogens is 6. The topological polar surface area (TPSA) is 108 Å². The molecule has 4 rings (SSSR count). The molecule has 0 aliphatic rings. The number of fused-ring (bicyclic) bond motifs is 1. The van der Waals surface area contributed by atoms with Gasteiger partial charge in [-0.3, -0.25) is 9.59 Å². The quantitative estimate of drug-likeness (QED) is 0.588. The van der Waals surface area contributed by atoms with Crippen LogP contribution in [-0.2, 0) is 11.3 Å². The highest BCUT2D eigenvalue weighted by Crippen LogP contribution is 2.20. The van der Waals surface area contributed by atoms with Gasteiger partial charge in [-0.2, -0.15) is 13.8 Å². The standard InChI is InChI=1S/C15H11N7O2S/c23-13(17-10-3-1-4-11-15(10)20-25-19-11)9-22-14(24)6-5-12(18-22)21-8-2-7-16-21/h1-8H,9H2,(H,17,23). The second-order valence-corrected chi connectivity index (χ2v) is 5.65. The molecule has 0 spiro atoms. The highest BCUT2D eigenvalue weighted by molar-refractivity contribution is 7.00. The molecule has 0 unspecified atom stereocenters. The zero-order valence-corrected chi connectivity index (χ0v) is 13.6. The van der Waals surface area contributed by atoms with Crippen molar-refractivity contribution < 1.29 is 4.79 Å². The Morgan fingerprint density at radius 1 is 1.16 bits per heavy atom. The summed E-state index contributed by atoms with van der Waals surface area (Å²) in [5.74, 6) is 0.0657. The second kappa shape index (κ2) is 6.24. The number of nitrogens with zero attached hydrogens (tertiary/aromatic N) is 6. The molecule has 0 saturated heterocycles.